The first-order valence-electron chi connectivity index (χ1n) is 10.3. The van der Waals surface area contributed by atoms with Gasteiger partial charge in [0.15, 0.2) is 0 Å². The van der Waals surface area contributed by atoms with Gasteiger partial charge in [0.05, 0.1) is 23.7 Å². The Morgan fingerprint density at radius 2 is 1.86 bits per heavy atom. The van der Waals surface area contributed by atoms with Crippen LogP contribution in [0.1, 0.15) is 62.2 Å². The second-order valence-corrected chi connectivity index (χ2v) is 9.74. The number of aromatic nitrogens is 2. The summed E-state index contributed by atoms with van der Waals surface area (Å²) in [6.45, 7) is 0.718. The number of benzene rings is 1. The molecule has 6 nitrogen and oxygen atoms in total. The number of sulfonamides is 1. The van der Waals surface area contributed by atoms with Gasteiger partial charge >= 0.3 is 0 Å². The van der Waals surface area contributed by atoms with E-state index >= 15 is 0 Å². The van der Waals surface area contributed by atoms with Crippen molar-refractivity contribution in [3.8, 4) is 5.75 Å². The highest BCUT2D eigenvalue weighted by Gasteiger charge is 2.28. The number of hydrogen-bond acceptors (Lipinski definition) is 4. The highest BCUT2D eigenvalue weighted by molar-refractivity contribution is 7.89. The molecule has 0 spiro atoms. The van der Waals surface area contributed by atoms with E-state index in [1.165, 1.54) is 32.1 Å². The zero-order valence-electron chi connectivity index (χ0n) is 16.4. The molecule has 2 aromatic rings. The van der Waals surface area contributed by atoms with Gasteiger partial charge in [-0.3, -0.25) is 4.68 Å². The molecule has 0 amide bonds. The van der Waals surface area contributed by atoms with Crippen molar-refractivity contribution < 1.29 is 13.2 Å². The summed E-state index contributed by atoms with van der Waals surface area (Å²) in [5.74, 6) is 1.36. The van der Waals surface area contributed by atoms with Crippen LogP contribution in [-0.4, -0.2) is 24.8 Å². The van der Waals surface area contributed by atoms with Gasteiger partial charge in [-0.25, -0.2) is 13.1 Å². The van der Waals surface area contributed by atoms with Crippen LogP contribution in [0.5, 0.6) is 5.75 Å². The lowest BCUT2D eigenvalue weighted by molar-refractivity contribution is 0.209. The van der Waals surface area contributed by atoms with Crippen LogP contribution in [-0.2, 0) is 23.5 Å². The Kier molecular flexibility index (Phi) is 5.73. The van der Waals surface area contributed by atoms with Crippen molar-refractivity contribution in [2.75, 3.05) is 6.61 Å². The minimum atomic E-state index is -3.59. The number of fused-ring (bicyclic) bond motifs is 1. The summed E-state index contributed by atoms with van der Waals surface area (Å²) in [6, 6.07) is 6.56. The Bertz CT molecular complexity index is 899. The number of aryl methyl sites for hydroxylation is 1. The van der Waals surface area contributed by atoms with Gasteiger partial charge in [-0.1, -0.05) is 19.3 Å². The SMILES string of the molecule is Cn1ncc2c1CCCC2NS(=O)(=O)c1ccc(OCC2CCCCC2)cc1. The second-order valence-electron chi connectivity index (χ2n) is 8.02. The summed E-state index contributed by atoms with van der Waals surface area (Å²) in [5, 5.41) is 4.29. The third-order valence-electron chi connectivity index (χ3n) is 6.02. The molecular formula is C21H29N3O3S. The molecule has 28 heavy (non-hydrogen) atoms. The minimum Gasteiger partial charge on any atom is -0.493 e. The van der Waals surface area contributed by atoms with Gasteiger partial charge in [-0.05, 0) is 62.3 Å². The average Bonchev–Trinajstić information content (AvgIpc) is 3.09. The van der Waals surface area contributed by atoms with E-state index in [2.05, 4.69) is 9.82 Å². The van der Waals surface area contributed by atoms with E-state index in [4.69, 9.17) is 4.74 Å². The van der Waals surface area contributed by atoms with Crippen molar-refractivity contribution in [2.24, 2.45) is 13.0 Å². The van der Waals surface area contributed by atoms with Crippen LogP contribution in [0, 0.1) is 5.92 Å². The minimum absolute atomic E-state index is 0.218. The number of nitrogens with one attached hydrogen (secondary N) is 1. The molecule has 1 heterocycles. The van der Waals surface area contributed by atoms with Crippen LogP contribution in [0.2, 0.25) is 0 Å². The van der Waals surface area contributed by atoms with E-state index in [0.717, 1.165) is 42.9 Å². The maximum atomic E-state index is 12.9. The van der Waals surface area contributed by atoms with E-state index in [-0.39, 0.29) is 10.9 Å². The largest absolute Gasteiger partial charge is 0.493 e. The first-order valence-corrected chi connectivity index (χ1v) is 11.8. The lowest BCUT2D eigenvalue weighted by Gasteiger charge is -2.24. The van der Waals surface area contributed by atoms with Crippen molar-refractivity contribution >= 4 is 10.0 Å². The van der Waals surface area contributed by atoms with Crippen LogP contribution < -0.4 is 9.46 Å². The monoisotopic (exact) mass is 403 g/mol. The molecule has 1 aromatic heterocycles. The molecule has 1 unspecified atom stereocenters. The molecule has 1 saturated carbocycles. The fourth-order valence-electron chi connectivity index (χ4n) is 4.37. The summed E-state index contributed by atoms with van der Waals surface area (Å²) >= 11 is 0. The molecule has 2 aliphatic rings. The molecule has 0 saturated heterocycles. The number of rotatable bonds is 6. The quantitative estimate of drug-likeness (QED) is 0.797. The van der Waals surface area contributed by atoms with Gasteiger partial charge in [0.2, 0.25) is 10.0 Å². The fourth-order valence-corrected chi connectivity index (χ4v) is 5.62. The Labute approximate surface area is 167 Å². The first-order chi connectivity index (χ1) is 13.5. The smallest absolute Gasteiger partial charge is 0.241 e. The zero-order valence-corrected chi connectivity index (χ0v) is 17.2. The van der Waals surface area contributed by atoms with Crippen molar-refractivity contribution in [3.05, 3.63) is 41.7 Å². The molecule has 0 aliphatic heterocycles. The van der Waals surface area contributed by atoms with Gasteiger partial charge in [-0.2, -0.15) is 5.10 Å². The van der Waals surface area contributed by atoms with Crippen LogP contribution in [0.4, 0.5) is 0 Å². The van der Waals surface area contributed by atoms with E-state index in [1.54, 1.807) is 30.5 Å². The van der Waals surface area contributed by atoms with E-state index in [9.17, 15) is 8.42 Å². The summed E-state index contributed by atoms with van der Waals surface area (Å²) in [4.78, 5) is 0.272. The van der Waals surface area contributed by atoms with E-state index in [0.29, 0.717) is 5.92 Å². The first kappa shape index (κ1) is 19.5. The van der Waals surface area contributed by atoms with Gasteiger partial charge < -0.3 is 4.74 Å². The summed E-state index contributed by atoms with van der Waals surface area (Å²) in [7, 11) is -1.68. The van der Waals surface area contributed by atoms with Crippen LogP contribution >= 0.6 is 0 Å². The highest BCUT2D eigenvalue weighted by atomic mass is 32.2. The zero-order chi connectivity index (χ0) is 19.6. The van der Waals surface area contributed by atoms with Crippen LogP contribution in [0.15, 0.2) is 35.4 Å². The molecule has 2 aliphatic carbocycles. The summed E-state index contributed by atoms with van der Waals surface area (Å²) in [5.41, 5.74) is 2.11. The molecule has 1 fully saturated rings. The Morgan fingerprint density at radius 3 is 2.61 bits per heavy atom. The van der Waals surface area contributed by atoms with Crippen molar-refractivity contribution in [1.29, 1.82) is 0 Å². The molecule has 0 bridgehead atoms. The van der Waals surface area contributed by atoms with Crippen molar-refractivity contribution in [1.82, 2.24) is 14.5 Å². The number of nitrogens with zero attached hydrogens (tertiary/aromatic N) is 2. The molecule has 4 rings (SSSR count). The van der Waals surface area contributed by atoms with Crippen LogP contribution in [0.25, 0.3) is 0 Å². The van der Waals surface area contributed by atoms with E-state index in [1.807, 2.05) is 11.7 Å². The summed E-state index contributed by atoms with van der Waals surface area (Å²) < 4.78 is 36.3. The fraction of sp³-hybridized carbons (Fsp3) is 0.571. The van der Waals surface area contributed by atoms with Crippen molar-refractivity contribution in [3.63, 3.8) is 0 Å². The molecule has 7 heteroatoms. The topological polar surface area (TPSA) is 73.2 Å². The normalized spacial score (nSPS) is 20.7. The molecular weight excluding hydrogens is 374 g/mol. The molecule has 1 atom stereocenters. The lowest BCUT2D eigenvalue weighted by atomic mass is 9.90. The Morgan fingerprint density at radius 1 is 1.11 bits per heavy atom. The third kappa shape index (κ3) is 4.25. The second kappa shape index (κ2) is 8.25. The Balaban J connectivity index is 1.40. The maximum Gasteiger partial charge on any atom is 0.241 e. The summed E-state index contributed by atoms with van der Waals surface area (Å²) in [6.07, 6.45) is 10.8. The van der Waals surface area contributed by atoms with Crippen LogP contribution in [0.3, 0.4) is 0 Å². The average molecular weight is 404 g/mol. The number of hydrogen-bond donors (Lipinski definition) is 1. The molecule has 0 radical (unpaired) electrons. The predicted molar refractivity (Wildman–Crippen MR) is 108 cm³/mol. The van der Waals surface area contributed by atoms with Gasteiger partial charge in [-0.15, -0.1) is 0 Å². The van der Waals surface area contributed by atoms with Gasteiger partial charge in [0.1, 0.15) is 5.75 Å². The third-order valence-corrected chi connectivity index (χ3v) is 7.51. The maximum absolute atomic E-state index is 12.9. The van der Waals surface area contributed by atoms with Crippen molar-refractivity contribution in [2.45, 2.75) is 62.3 Å². The number of ether oxygens (including phenoxy) is 1. The van der Waals surface area contributed by atoms with Gasteiger partial charge in [0.25, 0.3) is 0 Å². The molecule has 152 valence electrons. The molecule has 1 aromatic carbocycles. The predicted octanol–water partition coefficient (Wildman–Crippen LogP) is 3.74. The Hall–Kier alpha value is -1.86. The highest BCUT2D eigenvalue weighted by Crippen LogP contribution is 2.31. The van der Waals surface area contributed by atoms with Gasteiger partial charge in [0, 0.05) is 18.3 Å². The standard InChI is InChI=1S/C21H29N3O3S/c1-24-21-9-5-8-20(19(21)14-22-24)23-28(25,26)18-12-10-17(11-13-18)27-15-16-6-3-2-4-7-16/h10-14,16,20,23H,2-9,15H2,1H3. The van der Waals surface area contributed by atoms with E-state index < -0.39 is 10.0 Å². The molecule has 1 N–H and O–H groups in total. The lowest BCUT2D eigenvalue weighted by Crippen LogP contribution is -2.31.